The largest absolute Gasteiger partial charge is 0.328 e. The van der Waals surface area contributed by atoms with Gasteiger partial charge in [0.1, 0.15) is 5.82 Å². The topological polar surface area (TPSA) is 29.9 Å². The zero-order valence-corrected chi connectivity index (χ0v) is 11.4. The zero-order chi connectivity index (χ0) is 12.5. The molecule has 0 spiro atoms. The molecule has 0 radical (unpaired) electrons. The Labute approximate surface area is 112 Å². The summed E-state index contributed by atoms with van der Waals surface area (Å²) >= 11 is 6.09. The van der Waals surface area contributed by atoms with Gasteiger partial charge in [0.05, 0.1) is 11.0 Å². The van der Waals surface area contributed by atoms with E-state index >= 15 is 0 Å². The first-order valence-corrected chi connectivity index (χ1v) is 7.04. The van der Waals surface area contributed by atoms with Crippen LogP contribution in [-0.2, 0) is 6.54 Å². The highest BCUT2D eigenvalue weighted by Crippen LogP contribution is 2.28. The molecule has 2 aromatic rings. The number of rotatable bonds is 2. The van der Waals surface area contributed by atoms with Crippen molar-refractivity contribution in [3.05, 3.63) is 29.0 Å². The van der Waals surface area contributed by atoms with Gasteiger partial charge in [-0.1, -0.05) is 11.6 Å². The van der Waals surface area contributed by atoms with Crippen LogP contribution in [0.2, 0.25) is 5.02 Å². The lowest BCUT2D eigenvalue weighted by molar-refractivity contribution is 0.436. The van der Waals surface area contributed by atoms with Gasteiger partial charge in [-0.3, -0.25) is 0 Å². The van der Waals surface area contributed by atoms with E-state index in [2.05, 4.69) is 16.8 Å². The monoisotopic (exact) mass is 263 g/mol. The third kappa shape index (κ3) is 2.02. The molecule has 0 amide bonds. The summed E-state index contributed by atoms with van der Waals surface area (Å²) < 4.78 is 2.30. The van der Waals surface area contributed by atoms with Crippen molar-refractivity contribution in [3.8, 4) is 0 Å². The molecule has 1 saturated heterocycles. The van der Waals surface area contributed by atoms with Crippen molar-refractivity contribution >= 4 is 22.6 Å². The van der Waals surface area contributed by atoms with Crippen molar-refractivity contribution in [2.75, 3.05) is 13.1 Å². The fourth-order valence-electron chi connectivity index (χ4n) is 2.83. The Morgan fingerprint density at radius 3 is 3.11 bits per heavy atom. The smallest absolute Gasteiger partial charge is 0.114 e. The summed E-state index contributed by atoms with van der Waals surface area (Å²) in [6, 6.07) is 5.95. The van der Waals surface area contributed by atoms with Gasteiger partial charge in [-0.25, -0.2) is 4.98 Å². The molecule has 1 N–H and O–H groups in total. The Morgan fingerprint density at radius 2 is 2.39 bits per heavy atom. The summed E-state index contributed by atoms with van der Waals surface area (Å²) in [5, 5.41) is 4.24. The number of piperidine rings is 1. The summed E-state index contributed by atoms with van der Waals surface area (Å²) in [4.78, 5) is 4.81. The van der Waals surface area contributed by atoms with Gasteiger partial charge in [0, 0.05) is 24.0 Å². The van der Waals surface area contributed by atoms with Gasteiger partial charge in [0.15, 0.2) is 0 Å². The standard InChI is InChI=1S/C14H18ClN3/c1-2-18-13-8-11(15)5-6-12(13)17-14(18)10-4-3-7-16-9-10/h5-6,8,10,16H,2-4,7,9H2,1H3. The molecular weight excluding hydrogens is 246 g/mol. The van der Waals surface area contributed by atoms with Gasteiger partial charge < -0.3 is 9.88 Å². The normalized spacial score (nSPS) is 20.4. The molecule has 1 aliphatic rings. The molecule has 1 fully saturated rings. The lowest BCUT2D eigenvalue weighted by atomic mass is 9.99. The number of halogens is 1. The van der Waals surface area contributed by atoms with Gasteiger partial charge in [0.2, 0.25) is 0 Å². The van der Waals surface area contributed by atoms with Crippen molar-refractivity contribution in [1.29, 1.82) is 0 Å². The number of nitrogens with one attached hydrogen (secondary N) is 1. The number of hydrogen-bond acceptors (Lipinski definition) is 2. The Hall–Kier alpha value is -1.06. The molecule has 2 heterocycles. The molecule has 0 aliphatic carbocycles. The molecule has 3 rings (SSSR count). The van der Waals surface area contributed by atoms with Gasteiger partial charge in [0.25, 0.3) is 0 Å². The highest BCUT2D eigenvalue weighted by atomic mass is 35.5. The second-order valence-corrected chi connectivity index (χ2v) is 5.33. The number of imidazole rings is 1. The molecule has 0 saturated carbocycles. The van der Waals surface area contributed by atoms with Crippen LogP contribution >= 0.6 is 11.6 Å². The predicted molar refractivity (Wildman–Crippen MR) is 75.3 cm³/mol. The minimum absolute atomic E-state index is 0.532. The van der Waals surface area contributed by atoms with E-state index in [-0.39, 0.29) is 0 Å². The fourth-order valence-corrected chi connectivity index (χ4v) is 3.00. The summed E-state index contributed by atoms with van der Waals surface area (Å²) in [5.74, 6) is 1.74. The van der Waals surface area contributed by atoms with Crippen LogP contribution in [0.25, 0.3) is 11.0 Å². The Balaban J connectivity index is 2.10. The van der Waals surface area contributed by atoms with Gasteiger partial charge in [-0.2, -0.15) is 0 Å². The summed E-state index contributed by atoms with van der Waals surface area (Å²) in [6.45, 7) is 5.29. The number of benzene rings is 1. The molecule has 1 atom stereocenters. The van der Waals surface area contributed by atoms with E-state index in [4.69, 9.17) is 16.6 Å². The number of aryl methyl sites for hydroxylation is 1. The molecule has 1 aromatic carbocycles. The minimum atomic E-state index is 0.532. The van der Waals surface area contributed by atoms with Crippen molar-refractivity contribution in [2.45, 2.75) is 32.2 Å². The average Bonchev–Trinajstić information content (AvgIpc) is 2.77. The molecular formula is C14H18ClN3. The van der Waals surface area contributed by atoms with Crippen molar-refractivity contribution < 1.29 is 0 Å². The van der Waals surface area contributed by atoms with E-state index < -0.39 is 0 Å². The van der Waals surface area contributed by atoms with Gasteiger partial charge in [-0.05, 0) is 44.5 Å². The lowest BCUT2D eigenvalue weighted by Gasteiger charge is -2.22. The van der Waals surface area contributed by atoms with E-state index in [9.17, 15) is 0 Å². The fraction of sp³-hybridized carbons (Fsp3) is 0.500. The van der Waals surface area contributed by atoms with E-state index in [1.165, 1.54) is 18.7 Å². The number of hydrogen-bond donors (Lipinski definition) is 1. The van der Waals surface area contributed by atoms with Crippen LogP contribution < -0.4 is 5.32 Å². The van der Waals surface area contributed by atoms with Crippen LogP contribution in [0.4, 0.5) is 0 Å². The molecule has 1 aromatic heterocycles. The van der Waals surface area contributed by atoms with Crippen LogP contribution in [0, 0.1) is 0 Å². The maximum atomic E-state index is 6.09. The molecule has 0 bridgehead atoms. The molecule has 1 unspecified atom stereocenters. The van der Waals surface area contributed by atoms with Crippen LogP contribution in [0.3, 0.4) is 0 Å². The number of fused-ring (bicyclic) bond motifs is 1. The lowest BCUT2D eigenvalue weighted by Crippen LogP contribution is -2.30. The van der Waals surface area contributed by atoms with Gasteiger partial charge in [-0.15, -0.1) is 0 Å². The first kappa shape index (κ1) is 12.0. The van der Waals surface area contributed by atoms with Crippen LogP contribution in [0.15, 0.2) is 18.2 Å². The predicted octanol–water partition coefficient (Wildman–Crippen LogP) is 3.18. The van der Waals surface area contributed by atoms with E-state index in [0.29, 0.717) is 5.92 Å². The maximum absolute atomic E-state index is 6.09. The third-order valence-corrected chi connectivity index (χ3v) is 3.95. The molecule has 4 heteroatoms. The van der Waals surface area contributed by atoms with Crippen molar-refractivity contribution in [3.63, 3.8) is 0 Å². The first-order valence-electron chi connectivity index (χ1n) is 6.66. The van der Waals surface area contributed by atoms with E-state index in [1.54, 1.807) is 0 Å². The summed E-state index contributed by atoms with van der Waals surface area (Å²) in [6.07, 6.45) is 2.46. The minimum Gasteiger partial charge on any atom is -0.328 e. The van der Waals surface area contributed by atoms with E-state index in [0.717, 1.165) is 35.7 Å². The highest BCUT2D eigenvalue weighted by Gasteiger charge is 2.21. The second-order valence-electron chi connectivity index (χ2n) is 4.89. The molecule has 1 aliphatic heterocycles. The highest BCUT2D eigenvalue weighted by molar-refractivity contribution is 6.31. The molecule has 3 nitrogen and oxygen atoms in total. The molecule has 18 heavy (non-hydrogen) atoms. The SMILES string of the molecule is CCn1c(C2CCCNC2)nc2ccc(Cl)cc21. The van der Waals surface area contributed by atoms with Gasteiger partial charge >= 0.3 is 0 Å². The second kappa shape index (κ2) is 4.90. The number of aromatic nitrogens is 2. The van der Waals surface area contributed by atoms with Crippen LogP contribution in [0.1, 0.15) is 31.5 Å². The van der Waals surface area contributed by atoms with Crippen LogP contribution in [-0.4, -0.2) is 22.6 Å². The maximum Gasteiger partial charge on any atom is 0.114 e. The third-order valence-electron chi connectivity index (χ3n) is 3.72. The Morgan fingerprint density at radius 1 is 1.50 bits per heavy atom. The average molecular weight is 264 g/mol. The van der Waals surface area contributed by atoms with Crippen LogP contribution in [0.5, 0.6) is 0 Å². The Bertz CT molecular complexity index is 555. The summed E-state index contributed by atoms with van der Waals surface area (Å²) in [7, 11) is 0. The Kier molecular flexibility index (Phi) is 3.27. The first-order chi connectivity index (χ1) is 8.79. The van der Waals surface area contributed by atoms with Crippen molar-refractivity contribution in [2.24, 2.45) is 0 Å². The zero-order valence-electron chi connectivity index (χ0n) is 10.6. The van der Waals surface area contributed by atoms with E-state index in [1.807, 2.05) is 18.2 Å². The summed E-state index contributed by atoms with van der Waals surface area (Å²) in [5.41, 5.74) is 2.22. The molecule has 96 valence electrons. The van der Waals surface area contributed by atoms with Crippen molar-refractivity contribution in [1.82, 2.24) is 14.9 Å². The number of nitrogens with zero attached hydrogens (tertiary/aromatic N) is 2. The quantitative estimate of drug-likeness (QED) is 0.902.